The third-order valence-electron chi connectivity index (χ3n) is 3.34. The van der Waals surface area contributed by atoms with E-state index in [0.29, 0.717) is 12.2 Å². The highest BCUT2D eigenvalue weighted by molar-refractivity contribution is 6.39. The van der Waals surface area contributed by atoms with Gasteiger partial charge in [-0.3, -0.25) is 9.59 Å². The molecule has 1 N–H and O–H groups in total. The van der Waals surface area contributed by atoms with Crippen molar-refractivity contribution < 1.29 is 14.0 Å². The summed E-state index contributed by atoms with van der Waals surface area (Å²) in [6, 6.07) is 5.58. The second kappa shape index (κ2) is 5.82. The van der Waals surface area contributed by atoms with Gasteiger partial charge < -0.3 is 10.2 Å². The van der Waals surface area contributed by atoms with Gasteiger partial charge in [-0.25, -0.2) is 4.39 Å². The van der Waals surface area contributed by atoms with Gasteiger partial charge in [-0.1, -0.05) is 6.07 Å². The van der Waals surface area contributed by atoms with E-state index in [2.05, 4.69) is 5.32 Å². The Morgan fingerprint density at radius 2 is 2.16 bits per heavy atom. The summed E-state index contributed by atoms with van der Waals surface area (Å²) in [5, 5.41) is 2.43. The maximum Gasteiger partial charge on any atom is 0.313 e. The monoisotopic (exact) mass is 264 g/mol. The molecule has 0 saturated carbocycles. The molecule has 1 saturated heterocycles. The molecule has 0 radical (unpaired) electrons. The number of likely N-dealkylation sites (tertiary alicyclic amines) is 1. The number of carbonyl (C=O) groups excluding carboxylic acids is 2. The van der Waals surface area contributed by atoms with Gasteiger partial charge in [0.25, 0.3) is 0 Å². The summed E-state index contributed by atoms with van der Waals surface area (Å²) in [5.74, 6) is -1.70. The number of rotatable bonds is 1. The van der Waals surface area contributed by atoms with Gasteiger partial charge in [0, 0.05) is 18.3 Å². The minimum Gasteiger partial charge on any atom is -0.332 e. The standard InChI is InChI=1S/C14H17FN2O2/c1-10-5-2-3-8-17(10)14(19)13(18)16-12-7-4-6-11(15)9-12/h4,6-7,9-10H,2-3,5,8H2,1H3,(H,16,18). The van der Waals surface area contributed by atoms with Gasteiger partial charge in [0.15, 0.2) is 0 Å². The quantitative estimate of drug-likeness (QED) is 0.790. The molecule has 0 spiro atoms. The van der Waals surface area contributed by atoms with Gasteiger partial charge in [-0.05, 0) is 44.4 Å². The first-order chi connectivity index (χ1) is 9.08. The lowest BCUT2D eigenvalue weighted by atomic mass is 10.0. The lowest BCUT2D eigenvalue weighted by Crippen LogP contribution is -2.47. The van der Waals surface area contributed by atoms with Crippen molar-refractivity contribution in [2.75, 3.05) is 11.9 Å². The summed E-state index contributed by atoms with van der Waals surface area (Å²) >= 11 is 0. The highest BCUT2D eigenvalue weighted by atomic mass is 19.1. The summed E-state index contributed by atoms with van der Waals surface area (Å²) in [5.41, 5.74) is 0.294. The number of benzene rings is 1. The van der Waals surface area contributed by atoms with Crippen LogP contribution in [-0.4, -0.2) is 29.3 Å². The first-order valence-corrected chi connectivity index (χ1v) is 6.45. The Morgan fingerprint density at radius 1 is 1.37 bits per heavy atom. The maximum atomic E-state index is 13.0. The van der Waals surface area contributed by atoms with E-state index in [-0.39, 0.29) is 6.04 Å². The number of halogens is 1. The molecule has 1 aliphatic rings. The zero-order chi connectivity index (χ0) is 13.8. The number of amides is 2. The van der Waals surface area contributed by atoms with Gasteiger partial charge >= 0.3 is 11.8 Å². The van der Waals surface area contributed by atoms with Crippen molar-refractivity contribution in [3.05, 3.63) is 30.1 Å². The number of piperidine rings is 1. The van der Waals surface area contributed by atoms with Crippen LogP contribution in [-0.2, 0) is 9.59 Å². The molecule has 1 aromatic rings. The predicted octanol–water partition coefficient (Wildman–Crippen LogP) is 2.17. The maximum absolute atomic E-state index is 13.0. The van der Waals surface area contributed by atoms with Gasteiger partial charge in [-0.15, -0.1) is 0 Å². The molecular weight excluding hydrogens is 247 g/mol. The number of nitrogens with zero attached hydrogens (tertiary/aromatic N) is 1. The molecule has 0 aliphatic carbocycles. The van der Waals surface area contributed by atoms with E-state index in [1.54, 1.807) is 11.0 Å². The highest BCUT2D eigenvalue weighted by Gasteiger charge is 2.28. The van der Waals surface area contributed by atoms with E-state index in [9.17, 15) is 14.0 Å². The first-order valence-electron chi connectivity index (χ1n) is 6.45. The van der Waals surface area contributed by atoms with Crippen LogP contribution in [0, 0.1) is 5.82 Å². The van der Waals surface area contributed by atoms with Crippen molar-refractivity contribution in [3.8, 4) is 0 Å². The molecule has 2 rings (SSSR count). The molecule has 1 fully saturated rings. The number of hydrogen-bond donors (Lipinski definition) is 1. The normalized spacial score (nSPS) is 19.1. The van der Waals surface area contributed by atoms with Crippen LogP contribution in [0.3, 0.4) is 0 Å². The number of anilines is 1. The molecule has 5 heteroatoms. The third-order valence-corrected chi connectivity index (χ3v) is 3.34. The van der Waals surface area contributed by atoms with Gasteiger partial charge in [0.1, 0.15) is 5.82 Å². The van der Waals surface area contributed by atoms with Crippen molar-refractivity contribution in [1.82, 2.24) is 4.90 Å². The van der Waals surface area contributed by atoms with E-state index in [0.717, 1.165) is 19.3 Å². The molecule has 1 aromatic carbocycles. The van der Waals surface area contributed by atoms with Crippen molar-refractivity contribution in [1.29, 1.82) is 0 Å². The minimum absolute atomic E-state index is 0.0829. The molecule has 2 amide bonds. The van der Waals surface area contributed by atoms with Crippen molar-refractivity contribution >= 4 is 17.5 Å². The highest BCUT2D eigenvalue weighted by Crippen LogP contribution is 2.17. The molecule has 1 atom stereocenters. The lowest BCUT2D eigenvalue weighted by Gasteiger charge is -2.32. The molecule has 1 heterocycles. The van der Waals surface area contributed by atoms with E-state index in [4.69, 9.17) is 0 Å². The van der Waals surface area contributed by atoms with Crippen molar-refractivity contribution in [2.45, 2.75) is 32.2 Å². The van der Waals surface area contributed by atoms with Crippen LogP contribution >= 0.6 is 0 Å². The van der Waals surface area contributed by atoms with E-state index < -0.39 is 17.6 Å². The van der Waals surface area contributed by atoms with E-state index >= 15 is 0 Å². The van der Waals surface area contributed by atoms with E-state index in [1.807, 2.05) is 6.92 Å². The van der Waals surface area contributed by atoms with Crippen LogP contribution in [0.15, 0.2) is 24.3 Å². The topological polar surface area (TPSA) is 49.4 Å². The van der Waals surface area contributed by atoms with E-state index in [1.165, 1.54) is 18.2 Å². The molecule has 1 unspecified atom stereocenters. The summed E-state index contributed by atoms with van der Waals surface area (Å²) in [6.45, 7) is 2.54. The molecule has 0 bridgehead atoms. The predicted molar refractivity (Wildman–Crippen MR) is 70.1 cm³/mol. The van der Waals surface area contributed by atoms with Crippen LogP contribution in [0.4, 0.5) is 10.1 Å². The smallest absolute Gasteiger partial charge is 0.313 e. The lowest BCUT2D eigenvalue weighted by molar-refractivity contribution is -0.145. The summed E-state index contributed by atoms with van der Waals surface area (Å²) in [4.78, 5) is 25.4. The van der Waals surface area contributed by atoms with Gasteiger partial charge in [0.2, 0.25) is 0 Å². The average Bonchev–Trinajstić information content (AvgIpc) is 2.38. The zero-order valence-corrected chi connectivity index (χ0v) is 10.9. The fraction of sp³-hybridized carbons (Fsp3) is 0.429. The number of hydrogen-bond acceptors (Lipinski definition) is 2. The molecule has 4 nitrogen and oxygen atoms in total. The Hall–Kier alpha value is -1.91. The summed E-state index contributed by atoms with van der Waals surface area (Å²) in [7, 11) is 0. The van der Waals surface area contributed by atoms with Crippen LogP contribution in [0.25, 0.3) is 0 Å². The largest absolute Gasteiger partial charge is 0.332 e. The Bertz CT molecular complexity index is 490. The number of nitrogens with one attached hydrogen (secondary N) is 1. The van der Waals surface area contributed by atoms with Crippen molar-refractivity contribution in [2.24, 2.45) is 0 Å². The molecule has 102 valence electrons. The SMILES string of the molecule is CC1CCCCN1C(=O)C(=O)Nc1cccc(F)c1. The Morgan fingerprint density at radius 3 is 2.84 bits per heavy atom. The Kier molecular flexibility index (Phi) is 4.14. The van der Waals surface area contributed by atoms with Crippen LogP contribution < -0.4 is 5.32 Å². The summed E-state index contributed by atoms with van der Waals surface area (Å²) in [6.07, 6.45) is 2.92. The minimum atomic E-state index is -0.709. The first kappa shape index (κ1) is 13.5. The molecule has 1 aliphatic heterocycles. The molecule has 0 aromatic heterocycles. The fourth-order valence-electron chi connectivity index (χ4n) is 2.28. The zero-order valence-electron chi connectivity index (χ0n) is 10.9. The Balaban J connectivity index is 2.01. The van der Waals surface area contributed by atoms with Crippen molar-refractivity contribution in [3.63, 3.8) is 0 Å². The second-order valence-corrected chi connectivity index (χ2v) is 4.81. The van der Waals surface area contributed by atoms with Crippen LogP contribution in [0.2, 0.25) is 0 Å². The van der Waals surface area contributed by atoms with Gasteiger partial charge in [0.05, 0.1) is 0 Å². The third kappa shape index (κ3) is 3.30. The molecule has 19 heavy (non-hydrogen) atoms. The fourth-order valence-corrected chi connectivity index (χ4v) is 2.28. The van der Waals surface area contributed by atoms with Gasteiger partial charge in [-0.2, -0.15) is 0 Å². The second-order valence-electron chi connectivity index (χ2n) is 4.81. The van der Waals surface area contributed by atoms with Crippen LogP contribution in [0.5, 0.6) is 0 Å². The summed E-state index contributed by atoms with van der Waals surface area (Å²) < 4.78 is 13.0. The Labute approximate surface area is 111 Å². The molecular formula is C14H17FN2O2. The average molecular weight is 264 g/mol. The van der Waals surface area contributed by atoms with Crippen LogP contribution in [0.1, 0.15) is 26.2 Å². The number of carbonyl (C=O) groups is 2.